The molecule has 0 aromatic heterocycles. The summed E-state index contributed by atoms with van der Waals surface area (Å²) in [7, 11) is 1.21. The number of hydrogen-bond acceptors (Lipinski definition) is 12. The summed E-state index contributed by atoms with van der Waals surface area (Å²) >= 11 is 0. The first-order chi connectivity index (χ1) is 25.5. The van der Waals surface area contributed by atoms with Crippen molar-refractivity contribution in [2.24, 2.45) is 5.41 Å². The average Bonchev–Trinajstić information content (AvgIpc) is 3.07. The van der Waals surface area contributed by atoms with Crippen LogP contribution in [0, 0.1) is 5.41 Å². The minimum atomic E-state index is -2.27. The summed E-state index contributed by atoms with van der Waals surface area (Å²) in [6.07, 6.45) is 6.95. The maximum absolute atomic E-state index is 13.3. The molecule has 4 heterocycles. The van der Waals surface area contributed by atoms with Crippen LogP contribution < -0.4 is 0 Å². The molecule has 3 saturated heterocycles. The fourth-order valence-corrected chi connectivity index (χ4v) is 7.67. The minimum Gasteiger partial charge on any atom is -0.466 e. The van der Waals surface area contributed by atoms with Crippen LogP contribution in [-0.4, -0.2) is 101 Å². The van der Waals surface area contributed by atoms with Gasteiger partial charge >= 0.3 is 17.9 Å². The molecular weight excluding hydrogens is 696 g/mol. The largest absolute Gasteiger partial charge is 0.466 e. The topological polar surface area (TPSA) is 167 Å². The van der Waals surface area contributed by atoms with E-state index < -0.39 is 65.7 Å². The van der Waals surface area contributed by atoms with E-state index in [0.717, 1.165) is 11.1 Å². The summed E-state index contributed by atoms with van der Waals surface area (Å²) < 4.78 is 36.1. The van der Waals surface area contributed by atoms with Crippen molar-refractivity contribution >= 4 is 17.9 Å². The van der Waals surface area contributed by atoms with Crippen molar-refractivity contribution in [1.82, 2.24) is 0 Å². The second-order valence-electron chi connectivity index (χ2n) is 15.7. The van der Waals surface area contributed by atoms with E-state index in [1.165, 1.54) is 20.1 Å². The van der Waals surface area contributed by atoms with Gasteiger partial charge in [-0.05, 0) is 57.4 Å². The molecule has 300 valence electrons. The molecule has 0 spiro atoms. The number of hydrogen-bond donors (Lipinski definition) is 3. The Morgan fingerprint density at radius 2 is 1.67 bits per heavy atom. The molecule has 4 rings (SSSR count). The molecule has 4 aliphatic rings. The number of allylic oxidation sites excluding steroid dienone is 3. The van der Waals surface area contributed by atoms with E-state index in [0.29, 0.717) is 44.9 Å². The van der Waals surface area contributed by atoms with Gasteiger partial charge in [0.1, 0.15) is 6.10 Å². The predicted molar refractivity (Wildman–Crippen MR) is 201 cm³/mol. The Bertz CT molecular complexity index is 1460. The molecule has 0 unspecified atom stereocenters. The maximum Gasteiger partial charge on any atom is 0.330 e. The van der Waals surface area contributed by atoms with Gasteiger partial charge in [-0.25, -0.2) is 4.79 Å². The van der Waals surface area contributed by atoms with Crippen LogP contribution in [0.5, 0.6) is 0 Å². The number of carbonyl (C=O) groups is 3. The van der Waals surface area contributed by atoms with Crippen molar-refractivity contribution in [1.29, 1.82) is 0 Å². The van der Waals surface area contributed by atoms with Crippen molar-refractivity contribution in [3.63, 3.8) is 0 Å². The van der Waals surface area contributed by atoms with E-state index in [4.69, 9.17) is 28.4 Å². The van der Waals surface area contributed by atoms with Crippen molar-refractivity contribution in [2.75, 3.05) is 7.11 Å². The highest BCUT2D eigenvalue weighted by Crippen LogP contribution is 2.47. The second-order valence-corrected chi connectivity index (χ2v) is 15.7. The molecule has 0 saturated carbocycles. The number of methoxy groups -OCH3 is 1. The lowest BCUT2D eigenvalue weighted by molar-refractivity contribution is -0.327. The lowest BCUT2D eigenvalue weighted by Gasteiger charge is -2.51. The van der Waals surface area contributed by atoms with Gasteiger partial charge in [-0.1, -0.05) is 75.1 Å². The first kappa shape index (κ1) is 43.3. The molecule has 0 amide bonds. The molecule has 4 aliphatic heterocycles. The van der Waals surface area contributed by atoms with E-state index in [1.807, 2.05) is 12.2 Å². The molecule has 12 nitrogen and oxygen atoms in total. The lowest BCUT2D eigenvalue weighted by Crippen LogP contribution is -2.62. The first-order valence-electron chi connectivity index (χ1n) is 19.1. The van der Waals surface area contributed by atoms with Crippen LogP contribution in [0.25, 0.3) is 0 Å². The Kier molecular flexibility index (Phi) is 15.6. The molecule has 0 aromatic carbocycles. The van der Waals surface area contributed by atoms with E-state index in [2.05, 4.69) is 19.7 Å². The highest BCUT2D eigenvalue weighted by Gasteiger charge is 2.57. The van der Waals surface area contributed by atoms with Crippen molar-refractivity contribution in [3.05, 3.63) is 72.9 Å². The van der Waals surface area contributed by atoms with Crippen LogP contribution in [0.1, 0.15) is 97.8 Å². The molecule has 6 bridgehead atoms. The standard InChI is InChI=1S/C42H60O12/c1-8-9-10-11-12-13-37(45)53-40-29(21-38(46)49-7)20-35-25-36(28(4)43)52-39(47)23-30(44)22-32-17-27(3)19-34(51-32)24-33-18-26(2)16-31(50-33)14-15-41(5,6)42(40,48)54-35/h8-10,14-15,21,28,30-36,40,43-44,48H,1-3,11-13,16-20,22-25H2,4-7H3/b10-9+,15-14+,29-21+/t28-,30-,31+,32+,33+,34-,35+,36-,40+,42-/m1/s1. The van der Waals surface area contributed by atoms with Gasteiger partial charge in [-0.15, -0.1) is 0 Å². The van der Waals surface area contributed by atoms with Crippen LogP contribution in [0.3, 0.4) is 0 Å². The van der Waals surface area contributed by atoms with Gasteiger partial charge < -0.3 is 43.7 Å². The third-order valence-corrected chi connectivity index (χ3v) is 10.5. The number of aliphatic hydroxyl groups is 3. The Labute approximate surface area is 319 Å². The summed E-state index contributed by atoms with van der Waals surface area (Å²) in [5, 5.41) is 34.4. The van der Waals surface area contributed by atoms with Crippen LogP contribution in [0.4, 0.5) is 0 Å². The Hall–Kier alpha value is -3.39. The molecule has 0 radical (unpaired) electrons. The van der Waals surface area contributed by atoms with Gasteiger partial charge in [-0.2, -0.15) is 0 Å². The summed E-state index contributed by atoms with van der Waals surface area (Å²) in [6, 6.07) is 0. The quantitative estimate of drug-likeness (QED) is 0.0722. The van der Waals surface area contributed by atoms with Crippen LogP contribution in [0.15, 0.2) is 72.9 Å². The maximum atomic E-state index is 13.3. The van der Waals surface area contributed by atoms with Crippen LogP contribution in [-0.2, 0) is 42.8 Å². The smallest absolute Gasteiger partial charge is 0.330 e. The summed E-state index contributed by atoms with van der Waals surface area (Å²) in [6.45, 7) is 17.0. The predicted octanol–water partition coefficient (Wildman–Crippen LogP) is 5.41. The normalized spacial score (nSPS) is 35.8. The number of fused-ring (bicyclic) bond motifs is 6. The van der Waals surface area contributed by atoms with Gasteiger partial charge in [0.25, 0.3) is 0 Å². The molecule has 0 aliphatic carbocycles. The molecular formula is C42H60O12. The first-order valence-corrected chi connectivity index (χ1v) is 19.1. The average molecular weight is 757 g/mol. The van der Waals surface area contributed by atoms with Crippen molar-refractivity contribution in [2.45, 2.75) is 159 Å². The van der Waals surface area contributed by atoms with Crippen LogP contribution >= 0.6 is 0 Å². The zero-order chi connectivity index (χ0) is 39.6. The highest BCUT2D eigenvalue weighted by molar-refractivity contribution is 5.83. The lowest BCUT2D eigenvalue weighted by atomic mass is 9.74. The van der Waals surface area contributed by atoms with Gasteiger partial charge in [-0.3, -0.25) is 9.59 Å². The summed E-state index contributed by atoms with van der Waals surface area (Å²) in [5.74, 6) is -4.35. The molecule has 54 heavy (non-hydrogen) atoms. The molecule has 3 fully saturated rings. The summed E-state index contributed by atoms with van der Waals surface area (Å²) in [5.41, 5.74) is 0.923. The van der Waals surface area contributed by atoms with E-state index >= 15 is 0 Å². The molecule has 10 atom stereocenters. The van der Waals surface area contributed by atoms with E-state index in [9.17, 15) is 29.7 Å². The number of esters is 3. The van der Waals surface area contributed by atoms with Crippen molar-refractivity contribution in [3.8, 4) is 0 Å². The van der Waals surface area contributed by atoms with Gasteiger partial charge in [0, 0.05) is 37.2 Å². The fraction of sp³-hybridized carbons (Fsp3) is 0.643. The third-order valence-electron chi connectivity index (χ3n) is 10.5. The molecule has 3 N–H and O–H groups in total. The van der Waals surface area contributed by atoms with Gasteiger partial charge in [0.15, 0.2) is 6.10 Å². The number of unbranched alkanes of at least 4 members (excludes halogenated alkanes) is 1. The zero-order valence-electron chi connectivity index (χ0n) is 32.3. The monoisotopic (exact) mass is 756 g/mol. The minimum absolute atomic E-state index is 0.0298. The number of carbonyl (C=O) groups excluding carboxylic acids is 3. The Balaban J connectivity index is 1.75. The molecule has 0 aromatic rings. The Morgan fingerprint density at radius 3 is 2.33 bits per heavy atom. The Morgan fingerprint density at radius 1 is 1.00 bits per heavy atom. The van der Waals surface area contributed by atoms with E-state index in [1.54, 1.807) is 32.1 Å². The number of cyclic esters (lactones) is 1. The third kappa shape index (κ3) is 12.1. The number of rotatable bonds is 8. The molecule has 12 heteroatoms. The summed E-state index contributed by atoms with van der Waals surface area (Å²) in [4.78, 5) is 39.2. The number of aliphatic hydroxyl groups excluding tert-OH is 2. The van der Waals surface area contributed by atoms with Crippen molar-refractivity contribution < 1.29 is 58.1 Å². The highest BCUT2D eigenvalue weighted by atomic mass is 16.7. The zero-order valence-corrected chi connectivity index (χ0v) is 32.3. The second kappa shape index (κ2) is 19.5. The SMILES string of the molecule is C=C/C=C/CCCC(=O)O[C@H]1/C(=C/C(=O)OC)C[C@H]2C[C@H]([C@@H](C)O)OC(=O)C[C@H](O)C[C@@H]3CC(=C)C[C@H](C[C@@H]4CC(=C)C[C@H](/C=C/C(C)(C)[C@]1(O)O2)O4)O3. The number of ether oxygens (including phenoxy) is 6. The van der Waals surface area contributed by atoms with Gasteiger partial charge in [0.2, 0.25) is 5.79 Å². The van der Waals surface area contributed by atoms with E-state index in [-0.39, 0.29) is 56.0 Å². The fourth-order valence-electron chi connectivity index (χ4n) is 7.67. The van der Waals surface area contributed by atoms with Gasteiger partial charge in [0.05, 0.1) is 56.3 Å². The van der Waals surface area contributed by atoms with Crippen LogP contribution in [0.2, 0.25) is 0 Å².